The van der Waals surface area contributed by atoms with Crippen LogP contribution in [-0.2, 0) is 16.4 Å². The smallest absolute Gasteiger partial charge is 0.175 e. The van der Waals surface area contributed by atoms with Gasteiger partial charge >= 0.3 is 0 Å². The van der Waals surface area contributed by atoms with Gasteiger partial charge in [-0.2, -0.15) is 0 Å². The summed E-state index contributed by atoms with van der Waals surface area (Å²) in [5.41, 5.74) is 0.986. The number of halogens is 2. The molecule has 0 spiro atoms. The van der Waals surface area contributed by atoms with E-state index in [2.05, 4.69) is 5.32 Å². The summed E-state index contributed by atoms with van der Waals surface area (Å²) >= 11 is 0. The van der Waals surface area contributed by atoms with E-state index in [0.29, 0.717) is 11.3 Å². The van der Waals surface area contributed by atoms with Crippen molar-refractivity contribution < 1.29 is 17.2 Å². The molecule has 0 saturated carbocycles. The van der Waals surface area contributed by atoms with Crippen LogP contribution in [0.2, 0.25) is 0 Å². The third-order valence-corrected chi connectivity index (χ3v) is 3.91. The first-order valence-electron chi connectivity index (χ1n) is 5.84. The SMILES string of the molecule is CS(=O)(=O)c1ccc(NCc2ccc(F)cc2F)cc1. The lowest BCUT2D eigenvalue weighted by Crippen LogP contribution is -2.03. The van der Waals surface area contributed by atoms with E-state index in [4.69, 9.17) is 0 Å². The van der Waals surface area contributed by atoms with Gasteiger partial charge in [0, 0.05) is 30.1 Å². The summed E-state index contributed by atoms with van der Waals surface area (Å²) in [6.45, 7) is 0.185. The van der Waals surface area contributed by atoms with Crippen LogP contribution >= 0.6 is 0 Å². The van der Waals surface area contributed by atoms with Crippen LogP contribution in [0.1, 0.15) is 5.56 Å². The zero-order valence-corrected chi connectivity index (χ0v) is 11.5. The van der Waals surface area contributed by atoms with Crippen LogP contribution in [0.5, 0.6) is 0 Å². The van der Waals surface area contributed by atoms with Crippen LogP contribution in [0.3, 0.4) is 0 Å². The van der Waals surface area contributed by atoms with E-state index >= 15 is 0 Å². The Balaban J connectivity index is 2.08. The number of anilines is 1. The van der Waals surface area contributed by atoms with Crippen molar-refractivity contribution in [2.45, 2.75) is 11.4 Å². The van der Waals surface area contributed by atoms with Crippen molar-refractivity contribution in [3.8, 4) is 0 Å². The molecular formula is C14H13F2NO2S. The predicted molar refractivity (Wildman–Crippen MR) is 73.2 cm³/mol. The molecule has 0 aliphatic heterocycles. The number of benzene rings is 2. The van der Waals surface area contributed by atoms with E-state index in [1.165, 1.54) is 24.3 Å². The molecule has 106 valence electrons. The Hall–Kier alpha value is -1.95. The van der Waals surface area contributed by atoms with Crippen LogP contribution in [0.4, 0.5) is 14.5 Å². The standard InChI is InChI=1S/C14H13F2NO2S/c1-20(18,19)13-6-4-12(5-7-13)17-9-10-2-3-11(15)8-14(10)16/h2-8,17H,9H2,1H3. The molecule has 0 aliphatic rings. The second-order valence-electron chi connectivity index (χ2n) is 4.39. The lowest BCUT2D eigenvalue weighted by atomic mass is 10.2. The minimum absolute atomic E-state index is 0.185. The van der Waals surface area contributed by atoms with Crippen LogP contribution in [0.25, 0.3) is 0 Å². The highest BCUT2D eigenvalue weighted by molar-refractivity contribution is 7.90. The third kappa shape index (κ3) is 3.54. The van der Waals surface area contributed by atoms with Crippen molar-refractivity contribution in [3.63, 3.8) is 0 Å². The van der Waals surface area contributed by atoms with E-state index in [-0.39, 0.29) is 11.4 Å². The summed E-state index contributed by atoms with van der Waals surface area (Å²) in [7, 11) is -3.23. The Kier molecular flexibility index (Phi) is 4.04. The zero-order valence-electron chi connectivity index (χ0n) is 10.7. The molecule has 0 radical (unpaired) electrons. The molecule has 0 amide bonds. The average molecular weight is 297 g/mol. The summed E-state index contributed by atoms with van der Waals surface area (Å²) in [6.07, 6.45) is 1.13. The van der Waals surface area contributed by atoms with Crippen molar-refractivity contribution >= 4 is 15.5 Å². The minimum Gasteiger partial charge on any atom is -0.381 e. The molecule has 0 aliphatic carbocycles. The number of sulfone groups is 1. The van der Waals surface area contributed by atoms with E-state index in [1.807, 2.05) is 0 Å². The van der Waals surface area contributed by atoms with E-state index in [0.717, 1.165) is 12.3 Å². The van der Waals surface area contributed by atoms with Gasteiger partial charge in [-0.1, -0.05) is 6.07 Å². The summed E-state index contributed by atoms with van der Waals surface area (Å²) < 4.78 is 48.8. The van der Waals surface area contributed by atoms with Crippen LogP contribution in [0, 0.1) is 11.6 Å². The highest BCUT2D eigenvalue weighted by atomic mass is 32.2. The third-order valence-electron chi connectivity index (χ3n) is 2.78. The van der Waals surface area contributed by atoms with E-state index in [9.17, 15) is 17.2 Å². The van der Waals surface area contributed by atoms with Crippen molar-refractivity contribution in [2.75, 3.05) is 11.6 Å². The minimum atomic E-state index is -3.23. The molecule has 1 N–H and O–H groups in total. The molecule has 0 saturated heterocycles. The van der Waals surface area contributed by atoms with Crippen LogP contribution < -0.4 is 5.32 Å². The Morgan fingerprint density at radius 2 is 1.70 bits per heavy atom. The summed E-state index contributed by atoms with van der Waals surface area (Å²) in [5, 5.41) is 2.94. The van der Waals surface area contributed by atoms with Gasteiger partial charge in [0.2, 0.25) is 0 Å². The molecular weight excluding hydrogens is 284 g/mol. The first-order chi connectivity index (χ1) is 9.36. The second kappa shape index (κ2) is 5.58. The molecule has 20 heavy (non-hydrogen) atoms. The Morgan fingerprint density at radius 1 is 1.05 bits per heavy atom. The molecule has 2 rings (SSSR count). The monoisotopic (exact) mass is 297 g/mol. The summed E-state index contributed by atoms with van der Waals surface area (Å²) in [4.78, 5) is 0.219. The maximum Gasteiger partial charge on any atom is 0.175 e. The van der Waals surface area contributed by atoms with Crippen molar-refractivity contribution in [2.24, 2.45) is 0 Å². The average Bonchev–Trinajstić information content (AvgIpc) is 2.37. The van der Waals surface area contributed by atoms with Gasteiger partial charge in [0.05, 0.1) is 4.90 Å². The van der Waals surface area contributed by atoms with Gasteiger partial charge in [-0.3, -0.25) is 0 Å². The summed E-state index contributed by atoms with van der Waals surface area (Å²) in [6, 6.07) is 9.51. The second-order valence-corrected chi connectivity index (χ2v) is 6.40. The topological polar surface area (TPSA) is 46.2 Å². The molecule has 0 atom stereocenters. The summed E-state index contributed by atoms with van der Waals surface area (Å²) in [5.74, 6) is -1.24. The fourth-order valence-electron chi connectivity index (χ4n) is 1.68. The first kappa shape index (κ1) is 14.5. The molecule has 0 fully saturated rings. The van der Waals surface area contributed by atoms with E-state index < -0.39 is 21.5 Å². The highest BCUT2D eigenvalue weighted by Gasteiger charge is 2.07. The zero-order chi connectivity index (χ0) is 14.8. The fourth-order valence-corrected chi connectivity index (χ4v) is 2.31. The fraction of sp³-hybridized carbons (Fsp3) is 0.143. The van der Waals surface area contributed by atoms with Crippen molar-refractivity contribution in [1.82, 2.24) is 0 Å². The molecule has 0 heterocycles. The molecule has 0 bridgehead atoms. The molecule has 6 heteroatoms. The van der Waals surface area contributed by atoms with Crippen molar-refractivity contribution in [1.29, 1.82) is 0 Å². The molecule has 2 aromatic rings. The number of hydrogen-bond acceptors (Lipinski definition) is 3. The Bertz CT molecular complexity index is 712. The highest BCUT2D eigenvalue weighted by Crippen LogP contribution is 2.16. The van der Waals surface area contributed by atoms with Crippen LogP contribution in [-0.4, -0.2) is 14.7 Å². The number of hydrogen-bond donors (Lipinski definition) is 1. The van der Waals surface area contributed by atoms with Gasteiger partial charge < -0.3 is 5.32 Å². The normalized spacial score (nSPS) is 11.3. The first-order valence-corrected chi connectivity index (χ1v) is 7.73. The Labute approximate surface area is 116 Å². The van der Waals surface area contributed by atoms with E-state index in [1.54, 1.807) is 12.1 Å². The number of rotatable bonds is 4. The quantitative estimate of drug-likeness (QED) is 0.943. The maximum atomic E-state index is 13.4. The largest absolute Gasteiger partial charge is 0.381 e. The van der Waals surface area contributed by atoms with Crippen LogP contribution in [0.15, 0.2) is 47.4 Å². The van der Waals surface area contributed by atoms with Crippen molar-refractivity contribution in [3.05, 3.63) is 59.7 Å². The molecule has 3 nitrogen and oxygen atoms in total. The van der Waals surface area contributed by atoms with Gasteiger partial charge in [0.25, 0.3) is 0 Å². The molecule has 0 unspecified atom stereocenters. The maximum absolute atomic E-state index is 13.4. The van der Waals surface area contributed by atoms with Gasteiger partial charge in [0.1, 0.15) is 11.6 Å². The van der Waals surface area contributed by atoms with Gasteiger partial charge in [-0.15, -0.1) is 0 Å². The molecule has 0 aromatic heterocycles. The predicted octanol–water partition coefficient (Wildman–Crippen LogP) is 2.98. The van der Waals surface area contributed by atoms with Gasteiger partial charge in [0.15, 0.2) is 9.84 Å². The lowest BCUT2D eigenvalue weighted by Gasteiger charge is -2.08. The van der Waals surface area contributed by atoms with Gasteiger partial charge in [-0.05, 0) is 30.3 Å². The van der Waals surface area contributed by atoms with Gasteiger partial charge in [-0.25, -0.2) is 17.2 Å². The lowest BCUT2D eigenvalue weighted by molar-refractivity contribution is 0.574. The molecule has 2 aromatic carbocycles. The number of nitrogens with one attached hydrogen (secondary N) is 1. The Morgan fingerprint density at radius 3 is 2.25 bits per heavy atom.